The number of halogens is 2. The second kappa shape index (κ2) is 4.50. The molecular weight excluding hydrogens is 210 g/mol. The summed E-state index contributed by atoms with van der Waals surface area (Å²) in [5, 5.41) is 0. The number of rotatable bonds is 4. The highest BCUT2D eigenvalue weighted by Crippen LogP contribution is 2.35. The van der Waals surface area contributed by atoms with Crippen LogP contribution in [0.2, 0.25) is 0 Å². The Kier molecular flexibility index (Phi) is 3.24. The van der Waals surface area contributed by atoms with Crippen LogP contribution >= 0.6 is 0 Å². The Balaban J connectivity index is 2.03. The van der Waals surface area contributed by atoms with E-state index in [0.29, 0.717) is 11.7 Å². The summed E-state index contributed by atoms with van der Waals surface area (Å²) in [6.45, 7) is 3.98. The van der Waals surface area contributed by atoms with Crippen molar-refractivity contribution in [1.82, 2.24) is 0 Å². The molecule has 0 bridgehead atoms. The van der Waals surface area contributed by atoms with E-state index < -0.39 is 0 Å². The third-order valence-electron chi connectivity index (χ3n) is 3.16. The largest absolute Gasteiger partial charge is 0.370 e. The minimum atomic E-state index is -0.382. The van der Waals surface area contributed by atoms with Crippen LogP contribution in [-0.2, 0) is 4.74 Å². The summed E-state index contributed by atoms with van der Waals surface area (Å²) in [4.78, 5) is 0. The Bertz CT molecular complexity index is 378. The van der Waals surface area contributed by atoms with Crippen molar-refractivity contribution in [2.45, 2.75) is 44.8 Å². The van der Waals surface area contributed by atoms with Gasteiger partial charge in [0.1, 0.15) is 11.6 Å². The molecule has 1 aliphatic heterocycles. The maximum atomic E-state index is 13.5. The third-order valence-corrected chi connectivity index (χ3v) is 3.16. The highest BCUT2D eigenvalue weighted by atomic mass is 19.1. The summed E-state index contributed by atoms with van der Waals surface area (Å²) >= 11 is 0. The lowest BCUT2D eigenvalue weighted by atomic mass is 9.94. The van der Waals surface area contributed by atoms with E-state index in [2.05, 4.69) is 6.92 Å². The van der Waals surface area contributed by atoms with E-state index >= 15 is 0 Å². The fraction of sp³-hybridized carbons (Fsp3) is 0.538. The van der Waals surface area contributed by atoms with Gasteiger partial charge in [-0.3, -0.25) is 0 Å². The Morgan fingerprint density at radius 2 is 2.06 bits per heavy atom. The molecule has 0 aliphatic carbocycles. The summed E-state index contributed by atoms with van der Waals surface area (Å²) in [5.74, 6) is -0.716. The number of ether oxygens (including phenoxy) is 1. The van der Waals surface area contributed by atoms with Crippen LogP contribution in [0, 0.1) is 11.6 Å². The Morgan fingerprint density at radius 3 is 2.69 bits per heavy atom. The van der Waals surface area contributed by atoms with Crippen LogP contribution in [0.3, 0.4) is 0 Å². The SMILES string of the molecule is CCC1OC1CC(C)c1cc(F)ccc1F. The molecule has 3 unspecified atom stereocenters. The van der Waals surface area contributed by atoms with Crippen LogP contribution < -0.4 is 0 Å². The van der Waals surface area contributed by atoms with Gasteiger partial charge in [0, 0.05) is 0 Å². The van der Waals surface area contributed by atoms with Crippen molar-refractivity contribution < 1.29 is 13.5 Å². The molecule has 1 aliphatic rings. The molecule has 1 saturated heterocycles. The topological polar surface area (TPSA) is 12.5 Å². The first-order valence-electron chi connectivity index (χ1n) is 5.72. The lowest BCUT2D eigenvalue weighted by Gasteiger charge is -2.11. The van der Waals surface area contributed by atoms with Crippen molar-refractivity contribution in [2.75, 3.05) is 0 Å². The van der Waals surface area contributed by atoms with E-state index in [4.69, 9.17) is 4.74 Å². The smallest absolute Gasteiger partial charge is 0.126 e. The Hall–Kier alpha value is -0.960. The molecule has 88 valence electrons. The molecule has 0 saturated carbocycles. The lowest BCUT2D eigenvalue weighted by molar-refractivity contribution is 0.351. The summed E-state index contributed by atoms with van der Waals surface area (Å²) in [7, 11) is 0. The van der Waals surface area contributed by atoms with E-state index in [0.717, 1.165) is 18.9 Å². The maximum Gasteiger partial charge on any atom is 0.126 e. The van der Waals surface area contributed by atoms with E-state index in [9.17, 15) is 8.78 Å². The second-order valence-electron chi connectivity index (χ2n) is 4.42. The van der Waals surface area contributed by atoms with Crippen LogP contribution in [0.25, 0.3) is 0 Å². The second-order valence-corrected chi connectivity index (χ2v) is 4.42. The van der Waals surface area contributed by atoms with Crippen molar-refractivity contribution in [3.05, 3.63) is 35.4 Å². The molecule has 2 rings (SSSR count). The predicted octanol–water partition coefficient (Wildman–Crippen LogP) is 3.64. The monoisotopic (exact) mass is 226 g/mol. The average molecular weight is 226 g/mol. The van der Waals surface area contributed by atoms with Crippen LogP contribution in [0.5, 0.6) is 0 Å². The maximum absolute atomic E-state index is 13.5. The van der Waals surface area contributed by atoms with Gasteiger partial charge in [-0.05, 0) is 42.5 Å². The molecule has 16 heavy (non-hydrogen) atoms. The number of hydrogen-bond donors (Lipinski definition) is 0. The van der Waals surface area contributed by atoms with Crippen LogP contribution in [0.15, 0.2) is 18.2 Å². The van der Waals surface area contributed by atoms with Crippen molar-refractivity contribution >= 4 is 0 Å². The lowest BCUT2D eigenvalue weighted by Crippen LogP contribution is -2.03. The predicted molar refractivity (Wildman–Crippen MR) is 58.3 cm³/mol. The molecule has 3 heteroatoms. The molecule has 1 fully saturated rings. The normalized spacial score (nSPS) is 25.5. The average Bonchev–Trinajstić information content (AvgIpc) is 3.00. The van der Waals surface area contributed by atoms with E-state index in [1.54, 1.807) is 0 Å². The summed E-state index contributed by atoms with van der Waals surface area (Å²) < 4.78 is 31.9. The van der Waals surface area contributed by atoms with Crippen molar-refractivity contribution in [3.63, 3.8) is 0 Å². The van der Waals surface area contributed by atoms with Crippen molar-refractivity contribution in [1.29, 1.82) is 0 Å². The van der Waals surface area contributed by atoms with Crippen molar-refractivity contribution in [3.8, 4) is 0 Å². The number of benzene rings is 1. The standard InChI is InChI=1S/C13H16F2O/c1-3-12-13(16-12)6-8(2)10-7-9(14)4-5-11(10)15/h4-5,7-8,12-13H,3,6H2,1-2H3. The first-order chi connectivity index (χ1) is 7.61. The van der Waals surface area contributed by atoms with Gasteiger partial charge in [0.15, 0.2) is 0 Å². The highest BCUT2D eigenvalue weighted by molar-refractivity contribution is 5.22. The van der Waals surface area contributed by atoms with Gasteiger partial charge in [0.05, 0.1) is 12.2 Å². The fourth-order valence-corrected chi connectivity index (χ4v) is 2.11. The third kappa shape index (κ3) is 2.40. The summed E-state index contributed by atoms with van der Waals surface area (Å²) in [5.41, 5.74) is 0.449. The highest BCUT2D eigenvalue weighted by Gasteiger charge is 2.38. The minimum absolute atomic E-state index is 0.00255. The summed E-state index contributed by atoms with van der Waals surface area (Å²) in [6, 6.07) is 3.61. The molecular formula is C13H16F2O. The fourth-order valence-electron chi connectivity index (χ4n) is 2.11. The Morgan fingerprint density at radius 1 is 1.31 bits per heavy atom. The van der Waals surface area contributed by atoms with Gasteiger partial charge in [-0.25, -0.2) is 8.78 Å². The molecule has 1 aromatic carbocycles. The quantitative estimate of drug-likeness (QED) is 0.714. The zero-order valence-electron chi connectivity index (χ0n) is 9.54. The number of hydrogen-bond acceptors (Lipinski definition) is 1. The van der Waals surface area contributed by atoms with E-state index in [1.807, 2.05) is 6.92 Å². The first kappa shape index (κ1) is 11.5. The molecule has 3 atom stereocenters. The zero-order chi connectivity index (χ0) is 11.7. The molecule has 0 N–H and O–H groups in total. The molecule has 0 spiro atoms. The van der Waals surface area contributed by atoms with Crippen LogP contribution in [-0.4, -0.2) is 12.2 Å². The van der Waals surface area contributed by atoms with E-state index in [-0.39, 0.29) is 23.7 Å². The summed E-state index contributed by atoms with van der Waals surface area (Å²) in [6.07, 6.45) is 2.30. The van der Waals surface area contributed by atoms with Gasteiger partial charge >= 0.3 is 0 Å². The van der Waals surface area contributed by atoms with Gasteiger partial charge in [-0.15, -0.1) is 0 Å². The molecule has 1 nitrogen and oxygen atoms in total. The molecule has 1 aromatic rings. The molecule has 0 radical (unpaired) electrons. The molecule has 0 aromatic heterocycles. The first-order valence-corrected chi connectivity index (χ1v) is 5.72. The van der Waals surface area contributed by atoms with Gasteiger partial charge < -0.3 is 4.74 Å². The van der Waals surface area contributed by atoms with Crippen molar-refractivity contribution in [2.24, 2.45) is 0 Å². The number of epoxide rings is 1. The molecule has 1 heterocycles. The van der Waals surface area contributed by atoms with Gasteiger partial charge in [-0.1, -0.05) is 13.8 Å². The molecule has 0 amide bonds. The Labute approximate surface area is 94.4 Å². The van der Waals surface area contributed by atoms with Crippen LogP contribution in [0.1, 0.15) is 38.2 Å². The van der Waals surface area contributed by atoms with Gasteiger partial charge in [0.2, 0.25) is 0 Å². The van der Waals surface area contributed by atoms with E-state index in [1.165, 1.54) is 12.1 Å². The van der Waals surface area contributed by atoms with Gasteiger partial charge in [-0.2, -0.15) is 0 Å². The minimum Gasteiger partial charge on any atom is -0.370 e. The zero-order valence-corrected chi connectivity index (χ0v) is 9.54. The van der Waals surface area contributed by atoms with Crippen LogP contribution in [0.4, 0.5) is 8.78 Å². The van der Waals surface area contributed by atoms with Gasteiger partial charge in [0.25, 0.3) is 0 Å².